The van der Waals surface area contributed by atoms with Crippen LogP contribution in [0.5, 0.6) is 0 Å². The highest BCUT2D eigenvalue weighted by molar-refractivity contribution is 7.80. The predicted octanol–water partition coefficient (Wildman–Crippen LogP) is 3.44. The molecule has 1 amide bonds. The van der Waals surface area contributed by atoms with Crippen LogP contribution >= 0.6 is 12.6 Å². The fourth-order valence-corrected chi connectivity index (χ4v) is 2.56. The molecule has 1 aromatic carbocycles. The lowest BCUT2D eigenvalue weighted by Gasteiger charge is -2.05. The number of carbonyl (C=O) groups is 2. The summed E-state index contributed by atoms with van der Waals surface area (Å²) in [6, 6.07) is 6.84. The molecule has 0 spiro atoms. The number of hydrogen-bond acceptors (Lipinski definition) is 4. The Morgan fingerprint density at radius 3 is 2.48 bits per heavy atom. The van der Waals surface area contributed by atoms with Crippen LogP contribution in [0, 0.1) is 5.82 Å². The molecule has 134 valence electrons. The highest BCUT2D eigenvalue weighted by Gasteiger charge is 2.20. The third-order valence-corrected chi connectivity index (χ3v) is 3.95. The Hall–Kier alpha value is -2.35. The Morgan fingerprint density at radius 2 is 1.84 bits per heavy atom. The van der Waals surface area contributed by atoms with Crippen LogP contribution in [0.25, 0.3) is 11.3 Å². The van der Waals surface area contributed by atoms with Crippen molar-refractivity contribution in [2.75, 3.05) is 12.3 Å². The van der Waals surface area contributed by atoms with E-state index in [-0.39, 0.29) is 5.69 Å². The zero-order chi connectivity index (χ0) is 18.2. The van der Waals surface area contributed by atoms with Gasteiger partial charge in [0.05, 0.1) is 5.69 Å². The third-order valence-electron chi connectivity index (χ3n) is 3.63. The molecule has 25 heavy (non-hydrogen) atoms. The monoisotopic (exact) mass is 365 g/mol. The van der Waals surface area contributed by atoms with E-state index in [1.165, 1.54) is 30.3 Å². The van der Waals surface area contributed by atoms with E-state index < -0.39 is 17.8 Å². The van der Waals surface area contributed by atoms with Gasteiger partial charge in [-0.1, -0.05) is 12.8 Å². The van der Waals surface area contributed by atoms with Gasteiger partial charge < -0.3 is 10.4 Å². The average Bonchev–Trinajstić information content (AvgIpc) is 3.04. The first-order valence-corrected chi connectivity index (χ1v) is 8.64. The zero-order valence-electron chi connectivity index (χ0n) is 13.6. The summed E-state index contributed by atoms with van der Waals surface area (Å²) in [6.07, 6.45) is 2.50. The minimum atomic E-state index is -1.35. The summed E-state index contributed by atoms with van der Waals surface area (Å²) in [7, 11) is 0. The number of rotatable bonds is 8. The number of hydrogen-bond donors (Lipinski definition) is 3. The van der Waals surface area contributed by atoms with E-state index in [1.807, 2.05) is 0 Å². The van der Waals surface area contributed by atoms with Gasteiger partial charge in [0.2, 0.25) is 0 Å². The van der Waals surface area contributed by atoms with Gasteiger partial charge in [0.15, 0.2) is 0 Å². The fraction of sp³-hybridized carbons (Fsp3) is 0.353. The van der Waals surface area contributed by atoms with Crippen LogP contribution in [0.3, 0.4) is 0 Å². The van der Waals surface area contributed by atoms with Gasteiger partial charge >= 0.3 is 6.09 Å². The first kappa shape index (κ1) is 19.0. The maximum atomic E-state index is 13.0. The number of thiol groups is 1. The Bertz CT molecular complexity index is 731. The molecular weight excluding hydrogens is 345 g/mol. The number of carboxylic acid groups (broad SMARTS) is 1. The molecule has 0 fully saturated rings. The smallest absolute Gasteiger partial charge is 0.432 e. The molecule has 0 atom stereocenters. The number of amides is 1. The number of nitrogens with one attached hydrogen (secondary N) is 1. The third kappa shape index (κ3) is 5.32. The molecule has 1 aromatic heterocycles. The lowest BCUT2D eigenvalue weighted by atomic mass is 10.1. The SMILES string of the molecule is O=C(NCCCCCCS)c1cc(-c2ccc(F)cc2)nn1C(=O)O. The second-order valence-corrected chi connectivity index (χ2v) is 5.96. The van der Waals surface area contributed by atoms with Gasteiger partial charge in [-0.15, -0.1) is 0 Å². The van der Waals surface area contributed by atoms with E-state index in [0.29, 0.717) is 22.5 Å². The summed E-state index contributed by atoms with van der Waals surface area (Å²) in [4.78, 5) is 23.6. The number of unbranched alkanes of at least 4 members (excludes halogenated alkanes) is 3. The standard InChI is InChI=1S/C17H20FN3O3S/c18-13-7-5-12(6-8-13)14-11-15(21(20-14)17(23)24)16(22)19-9-3-1-2-4-10-25/h5-8,11,25H,1-4,9-10H2,(H,19,22)(H,23,24). The number of benzene rings is 1. The van der Waals surface area contributed by atoms with Crippen molar-refractivity contribution >= 4 is 24.6 Å². The van der Waals surface area contributed by atoms with Crippen molar-refractivity contribution in [1.29, 1.82) is 0 Å². The van der Waals surface area contributed by atoms with E-state index in [9.17, 15) is 19.1 Å². The van der Waals surface area contributed by atoms with E-state index in [4.69, 9.17) is 0 Å². The van der Waals surface area contributed by atoms with Gasteiger partial charge in [-0.25, -0.2) is 9.18 Å². The van der Waals surface area contributed by atoms with Crippen molar-refractivity contribution in [3.63, 3.8) is 0 Å². The highest BCUT2D eigenvalue weighted by Crippen LogP contribution is 2.19. The molecule has 2 rings (SSSR count). The summed E-state index contributed by atoms with van der Waals surface area (Å²) in [6.45, 7) is 0.460. The molecule has 0 saturated heterocycles. The summed E-state index contributed by atoms with van der Waals surface area (Å²) < 4.78 is 13.6. The van der Waals surface area contributed by atoms with Gasteiger partial charge in [0.25, 0.3) is 5.91 Å². The van der Waals surface area contributed by atoms with Crippen LogP contribution in [-0.4, -0.2) is 39.2 Å². The molecule has 1 heterocycles. The summed E-state index contributed by atoms with van der Waals surface area (Å²) in [5, 5.41) is 15.9. The van der Waals surface area contributed by atoms with Gasteiger partial charge in [-0.2, -0.15) is 22.4 Å². The van der Waals surface area contributed by atoms with Gasteiger partial charge in [-0.3, -0.25) is 4.79 Å². The maximum Gasteiger partial charge on any atom is 0.432 e. The van der Waals surface area contributed by atoms with Crippen LogP contribution in [0.1, 0.15) is 36.2 Å². The Kier molecular flexibility index (Phi) is 7.00. The topological polar surface area (TPSA) is 84.2 Å². The minimum Gasteiger partial charge on any atom is -0.463 e. The van der Waals surface area contributed by atoms with Crippen molar-refractivity contribution in [1.82, 2.24) is 15.1 Å². The van der Waals surface area contributed by atoms with Gasteiger partial charge in [0, 0.05) is 12.1 Å². The van der Waals surface area contributed by atoms with Gasteiger partial charge in [-0.05, 0) is 48.9 Å². The molecule has 0 aliphatic heterocycles. The van der Waals surface area contributed by atoms with E-state index in [1.54, 1.807) is 0 Å². The lowest BCUT2D eigenvalue weighted by Crippen LogP contribution is -2.28. The molecule has 0 aliphatic carbocycles. The molecular formula is C17H20FN3O3S. The molecule has 6 nitrogen and oxygen atoms in total. The van der Waals surface area contributed by atoms with Crippen molar-refractivity contribution < 1.29 is 19.1 Å². The molecule has 2 N–H and O–H groups in total. The van der Waals surface area contributed by atoms with Crippen molar-refractivity contribution in [3.05, 3.63) is 41.8 Å². The molecule has 8 heteroatoms. The molecule has 2 aromatic rings. The average molecular weight is 365 g/mol. The normalized spacial score (nSPS) is 10.6. The van der Waals surface area contributed by atoms with E-state index in [0.717, 1.165) is 31.4 Å². The first-order valence-electron chi connectivity index (χ1n) is 8.01. The second kappa shape index (κ2) is 9.22. The first-order chi connectivity index (χ1) is 12.0. The van der Waals surface area contributed by atoms with Crippen LogP contribution in [0.2, 0.25) is 0 Å². The Balaban J connectivity index is 2.07. The summed E-state index contributed by atoms with van der Waals surface area (Å²) >= 11 is 4.14. The summed E-state index contributed by atoms with van der Waals surface area (Å²) in [5.74, 6) is -0.0641. The van der Waals surface area contributed by atoms with Crippen LogP contribution in [0.4, 0.5) is 9.18 Å². The Morgan fingerprint density at radius 1 is 1.16 bits per heavy atom. The number of aromatic nitrogens is 2. The molecule has 0 unspecified atom stereocenters. The van der Waals surface area contributed by atoms with E-state index >= 15 is 0 Å². The van der Waals surface area contributed by atoms with Crippen molar-refractivity contribution in [2.24, 2.45) is 0 Å². The minimum absolute atomic E-state index is 0.0674. The van der Waals surface area contributed by atoms with E-state index in [2.05, 4.69) is 23.0 Å². The van der Waals surface area contributed by atoms with Gasteiger partial charge in [0.1, 0.15) is 11.5 Å². The largest absolute Gasteiger partial charge is 0.463 e. The molecule has 0 bridgehead atoms. The molecule has 0 aliphatic rings. The van der Waals surface area contributed by atoms with Crippen LogP contribution in [0.15, 0.2) is 30.3 Å². The quantitative estimate of drug-likeness (QED) is 0.494. The second-order valence-electron chi connectivity index (χ2n) is 5.51. The number of halogens is 1. The fourth-order valence-electron chi connectivity index (χ4n) is 2.33. The predicted molar refractivity (Wildman–Crippen MR) is 95.7 cm³/mol. The number of nitrogens with zero attached hydrogens (tertiary/aromatic N) is 2. The number of carbonyl (C=O) groups excluding carboxylic acids is 1. The Labute approximate surface area is 150 Å². The lowest BCUT2D eigenvalue weighted by molar-refractivity contribution is 0.0940. The van der Waals surface area contributed by atoms with Crippen LogP contribution < -0.4 is 5.32 Å². The molecule has 0 saturated carbocycles. The van der Waals surface area contributed by atoms with Crippen molar-refractivity contribution in [2.45, 2.75) is 25.7 Å². The highest BCUT2D eigenvalue weighted by atomic mass is 32.1. The zero-order valence-corrected chi connectivity index (χ0v) is 14.5. The van der Waals surface area contributed by atoms with Crippen LogP contribution in [-0.2, 0) is 0 Å². The molecule has 0 radical (unpaired) electrons. The maximum absolute atomic E-state index is 13.0. The van der Waals surface area contributed by atoms with Crippen molar-refractivity contribution in [3.8, 4) is 11.3 Å². The summed E-state index contributed by atoms with van der Waals surface area (Å²) in [5.41, 5.74) is 0.755.